The molecule has 1 aliphatic carbocycles. The van der Waals surface area contributed by atoms with Crippen molar-refractivity contribution in [2.45, 2.75) is 32.2 Å². The Hall–Kier alpha value is -1.08. The summed E-state index contributed by atoms with van der Waals surface area (Å²) in [7, 11) is 0. The number of hydrogen-bond acceptors (Lipinski definition) is 4. The van der Waals surface area contributed by atoms with Crippen molar-refractivity contribution >= 4 is 39.0 Å². The highest BCUT2D eigenvalue weighted by Crippen LogP contribution is 2.38. The zero-order chi connectivity index (χ0) is 13.9. The molecule has 1 aliphatic rings. The maximum atomic E-state index is 12.4. The van der Waals surface area contributed by atoms with Gasteiger partial charge in [0.05, 0.1) is 10.3 Å². The third-order valence-corrected chi connectivity index (χ3v) is 5.17. The first-order valence-corrected chi connectivity index (χ1v) is 7.70. The summed E-state index contributed by atoms with van der Waals surface area (Å²) in [6, 6.07) is 3.90. The molecule has 0 spiro atoms. The first kappa shape index (κ1) is 14.3. The summed E-state index contributed by atoms with van der Waals surface area (Å²) in [5.41, 5.74) is 4.89. The summed E-state index contributed by atoms with van der Waals surface area (Å²) in [6.45, 7) is 0.468. The summed E-state index contributed by atoms with van der Waals surface area (Å²) < 4.78 is 1.03. The normalized spacial score (nSPS) is 18.5. The number of nitrogens with one attached hydrogen (secondary N) is 1. The fourth-order valence-corrected chi connectivity index (χ4v) is 3.88. The Morgan fingerprint density at radius 2 is 2.21 bits per heavy atom. The van der Waals surface area contributed by atoms with Gasteiger partial charge in [-0.2, -0.15) is 0 Å². The molecule has 0 aromatic carbocycles. The van der Waals surface area contributed by atoms with E-state index in [4.69, 9.17) is 10.9 Å². The van der Waals surface area contributed by atoms with Crippen molar-refractivity contribution in [3.8, 4) is 0 Å². The minimum Gasteiger partial charge on any atom is -0.409 e. The van der Waals surface area contributed by atoms with Crippen LogP contribution in [0.4, 0.5) is 0 Å². The van der Waals surface area contributed by atoms with Gasteiger partial charge in [-0.15, -0.1) is 11.3 Å². The number of halogens is 1. The molecular weight excluding hydrogens is 330 g/mol. The van der Waals surface area contributed by atoms with Crippen LogP contribution in [0, 0.1) is 5.41 Å². The summed E-state index contributed by atoms with van der Waals surface area (Å²) in [5, 5.41) is 14.8. The van der Waals surface area contributed by atoms with Crippen LogP contribution < -0.4 is 11.1 Å². The number of rotatable bonds is 4. The van der Waals surface area contributed by atoms with Crippen molar-refractivity contribution in [2.24, 2.45) is 16.3 Å². The lowest BCUT2D eigenvalue weighted by Crippen LogP contribution is -2.47. The Balaban J connectivity index is 2.04. The number of amides is 1. The average molecular weight is 346 g/mol. The SMILES string of the molecule is NC(=NO)C1(C(=O)NCc2ccc(Br)s2)CCCC1. The monoisotopic (exact) mass is 345 g/mol. The Morgan fingerprint density at radius 3 is 2.74 bits per heavy atom. The molecular formula is C12H16BrN3O2S. The van der Waals surface area contributed by atoms with Crippen LogP contribution in [0.25, 0.3) is 0 Å². The lowest BCUT2D eigenvalue weighted by atomic mass is 9.84. The van der Waals surface area contributed by atoms with Crippen LogP contribution in [0.2, 0.25) is 0 Å². The number of amidine groups is 1. The number of carbonyl (C=O) groups excluding carboxylic acids is 1. The molecule has 0 aliphatic heterocycles. The van der Waals surface area contributed by atoms with E-state index in [-0.39, 0.29) is 11.7 Å². The van der Waals surface area contributed by atoms with Gasteiger partial charge >= 0.3 is 0 Å². The molecule has 0 bridgehead atoms. The quantitative estimate of drug-likeness (QED) is 0.339. The van der Waals surface area contributed by atoms with Crippen LogP contribution >= 0.6 is 27.3 Å². The number of thiophene rings is 1. The van der Waals surface area contributed by atoms with E-state index in [0.29, 0.717) is 19.4 Å². The van der Waals surface area contributed by atoms with E-state index in [9.17, 15) is 4.79 Å². The maximum absolute atomic E-state index is 12.4. The molecule has 104 valence electrons. The van der Waals surface area contributed by atoms with Crippen molar-refractivity contribution in [3.63, 3.8) is 0 Å². The van der Waals surface area contributed by atoms with Crippen molar-refractivity contribution < 1.29 is 10.0 Å². The number of nitrogens with zero attached hydrogens (tertiary/aromatic N) is 1. The topological polar surface area (TPSA) is 87.7 Å². The van der Waals surface area contributed by atoms with Crippen molar-refractivity contribution in [2.75, 3.05) is 0 Å². The second-order valence-electron chi connectivity index (χ2n) is 4.66. The van der Waals surface area contributed by atoms with Gasteiger partial charge in [0.2, 0.25) is 5.91 Å². The van der Waals surface area contributed by atoms with Crippen LogP contribution in [-0.4, -0.2) is 17.0 Å². The third-order valence-electron chi connectivity index (χ3n) is 3.54. The van der Waals surface area contributed by atoms with Gasteiger partial charge in [0.15, 0.2) is 5.84 Å². The molecule has 0 atom stereocenters. The molecule has 1 heterocycles. The lowest BCUT2D eigenvalue weighted by molar-refractivity contribution is -0.127. The van der Waals surface area contributed by atoms with Crippen molar-refractivity contribution in [1.29, 1.82) is 0 Å². The molecule has 19 heavy (non-hydrogen) atoms. The molecule has 4 N–H and O–H groups in total. The van der Waals surface area contributed by atoms with Gasteiger partial charge in [-0.3, -0.25) is 4.79 Å². The van der Waals surface area contributed by atoms with Gasteiger partial charge in [-0.25, -0.2) is 0 Å². The molecule has 0 unspecified atom stereocenters. The second kappa shape index (κ2) is 5.92. The Morgan fingerprint density at radius 1 is 1.53 bits per heavy atom. The summed E-state index contributed by atoms with van der Waals surface area (Å²) in [4.78, 5) is 13.4. The number of nitrogens with two attached hydrogens (primary N) is 1. The number of oxime groups is 1. The van der Waals surface area contributed by atoms with Crippen LogP contribution in [0.15, 0.2) is 21.1 Å². The molecule has 7 heteroatoms. The van der Waals surface area contributed by atoms with Gasteiger partial charge < -0.3 is 16.3 Å². The largest absolute Gasteiger partial charge is 0.409 e. The zero-order valence-electron chi connectivity index (χ0n) is 10.4. The van der Waals surface area contributed by atoms with E-state index in [2.05, 4.69) is 26.4 Å². The van der Waals surface area contributed by atoms with E-state index < -0.39 is 5.41 Å². The predicted octanol–water partition coefficient (Wildman–Crippen LogP) is 2.43. The Bertz CT molecular complexity index is 495. The van der Waals surface area contributed by atoms with Crippen LogP contribution in [0.1, 0.15) is 30.6 Å². The Kier molecular flexibility index (Phi) is 4.46. The highest BCUT2D eigenvalue weighted by Gasteiger charge is 2.45. The molecule has 1 fully saturated rings. The van der Waals surface area contributed by atoms with E-state index >= 15 is 0 Å². The first-order valence-electron chi connectivity index (χ1n) is 6.09. The van der Waals surface area contributed by atoms with Gasteiger partial charge in [0, 0.05) is 4.88 Å². The minimum atomic E-state index is -0.830. The van der Waals surface area contributed by atoms with E-state index in [1.807, 2.05) is 12.1 Å². The summed E-state index contributed by atoms with van der Waals surface area (Å²) in [5.74, 6) is -0.125. The summed E-state index contributed by atoms with van der Waals surface area (Å²) >= 11 is 4.96. The molecule has 1 aromatic heterocycles. The van der Waals surface area contributed by atoms with Crippen LogP contribution in [0.3, 0.4) is 0 Å². The standard InChI is InChI=1S/C12H16BrN3O2S/c13-9-4-3-8(19-9)7-15-11(17)12(10(14)16-18)5-1-2-6-12/h3-4,18H,1-2,5-7H2,(H2,14,16)(H,15,17). The molecule has 1 saturated carbocycles. The highest BCUT2D eigenvalue weighted by molar-refractivity contribution is 9.11. The van der Waals surface area contributed by atoms with Gasteiger partial charge in [-0.05, 0) is 40.9 Å². The molecule has 1 amide bonds. The van der Waals surface area contributed by atoms with Crippen molar-refractivity contribution in [3.05, 3.63) is 20.8 Å². The lowest BCUT2D eigenvalue weighted by Gasteiger charge is -2.25. The van der Waals surface area contributed by atoms with E-state index in [1.165, 1.54) is 0 Å². The molecule has 0 saturated heterocycles. The van der Waals surface area contributed by atoms with Crippen LogP contribution in [0.5, 0.6) is 0 Å². The van der Waals surface area contributed by atoms with E-state index in [1.54, 1.807) is 11.3 Å². The van der Waals surface area contributed by atoms with Gasteiger partial charge in [-0.1, -0.05) is 18.0 Å². The summed E-state index contributed by atoms with van der Waals surface area (Å²) in [6.07, 6.45) is 3.13. The van der Waals surface area contributed by atoms with Gasteiger partial charge in [0.1, 0.15) is 5.41 Å². The Labute approximate surface area is 124 Å². The fraction of sp³-hybridized carbons (Fsp3) is 0.500. The highest BCUT2D eigenvalue weighted by atomic mass is 79.9. The molecule has 5 nitrogen and oxygen atoms in total. The molecule has 1 aromatic rings. The minimum absolute atomic E-state index is 0.0230. The fourth-order valence-electron chi connectivity index (χ4n) is 2.46. The zero-order valence-corrected chi connectivity index (χ0v) is 12.8. The first-order chi connectivity index (χ1) is 9.08. The smallest absolute Gasteiger partial charge is 0.234 e. The second-order valence-corrected chi connectivity index (χ2v) is 7.21. The number of carbonyl (C=O) groups is 1. The van der Waals surface area contributed by atoms with E-state index in [0.717, 1.165) is 21.5 Å². The average Bonchev–Trinajstić information content (AvgIpc) is 3.04. The van der Waals surface area contributed by atoms with Crippen molar-refractivity contribution in [1.82, 2.24) is 5.32 Å². The predicted molar refractivity (Wildman–Crippen MR) is 78.2 cm³/mol. The number of hydrogen-bond donors (Lipinski definition) is 3. The van der Waals surface area contributed by atoms with Crippen LogP contribution in [-0.2, 0) is 11.3 Å². The molecule has 2 rings (SSSR count). The maximum Gasteiger partial charge on any atom is 0.234 e. The molecule has 0 radical (unpaired) electrons. The third kappa shape index (κ3) is 2.92. The van der Waals surface area contributed by atoms with Gasteiger partial charge in [0.25, 0.3) is 0 Å².